The van der Waals surface area contributed by atoms with Crippen LogP contribution in [0.3, 0.4) is 0 Å². The summed E-state index contributed by atoms with van der Waals surface area (Å²) in [6.07, 6.45) is 88.5. The predicted octanol–water partition coefficient (Wildman–Crippen LogP) is 20.9. The molecule has 0 aromatic carbocycles. The zero-order chi connectivity index (χ0) is 70.9. The fourth-order valence-corrected chi connectivity index (χ4v) is 10.5. The van der Waals surface area contributed by atoms with Crippen molar-refractivity contribution >= 4 is 33.6 Å². The number of allylic oxidation sites excluding steroid dienone is 28. The Kier molecular flexibility index (Phi) is 67.0. The van der Waals surface area contributed by atoms with E-state index in [1.54, 1.807) is 0 Å². The second-order valence-electron chi connectivity index (χ2n) is 23.6. The molecule has 0 saturated heterocycles. The molecule has 0 aliphatic heterocycles. The maximum atomic E-state index is 12.9. The number of hydrogen-bond donors (Lipinski definition) is 4. The van der Waals surface area contributed by atoms with Crippen LogP contribution in [0.4, 0.5) is 0 Å². The summed E-state index contributed by atoms with van der Waals surface area (Å²) >= 11 is 0. The van der Waals surface area contributed by atoms with Crippen molar-refractivity contribution in [3.05, 3.63) is 170 Å². The highest BCUT2D eigenvalue weighted by molar-refractivity contribution is 7.47. The lowest BCUT2D eigenvalue weighted by molar-refractivity contribution is -0.161. The fourth-order valence-electron chi connectivity index (χ4n) is 8.92. The van der Waals surface area contributed by atoms with E-state index < -0.39 is 91.5 Å². The van der Waals surface area contributed by atoms with Crippen molar-refractivity contribution in [2.24, 2.45) is 0 Å². The molecule has 550 valence electrons. The second kappa shape index (κ2) is 70.8. The van der Waals surface area contributed by atoms with Gasteiger partial charge in [-0.25, -0.2) is 9.13 Å². The number of carbonyl (C=O) groups is 3. The average molecular weight is 1400 g/mol. The highest BCUT2D eigenvalue weighted by Gasteiger charge is 2.29. The van der Waals surface area contributed by atoms with Crippen molar-refractivity contribution in [3.63, 3.8) is 0 Å². The van der Waals surface area contributed by atoms with E-state index in [1.807, 2.05) is 18.2 Å². The molecular weight excluding hydrogens is 1270 g/mol. The second-order valence-corrected chi connectivity index (χ2v) is 26.5. The molecule has 0 aliphatic rings. The van der Waals surface area contributed by atoms with Crippen molar-refractivity contribution in [1.82, 2.24) is 0 Å². The average Bonchev–Trinajstić information content (AvgIpc) is 1.86. The van der Waals surface area contributed by atoms with Crippen LogP contribution in [0.1, 0.15) is 252 Å². The van der Waals surface area contributed by atoms with Crippen LogP contribution in [-0.2, 0) is 55.8 Å². The van der Waals surface area contributed by atoms with Gasteiger partial charge in [0.25, 0.3) is 0 Å². The largest absolute Gasteiger partial charge is 0.472 e. The summed E-state index contributed by atoms with van der Waals surface area (Å²) in [5, 5.41) is 20.6. The molecule has 18 heteroatoms. The molecule has 0 aromatic heterocycles. The van der Waals surface area contributed by atoms with Gasteiger partial charge in [-0.1, -0.05) is 262 Å². The lowest BCUT2D eigenvalue weighted by Crippen LogP contribution is -2.30. The number of phosphoric ester groups is 2. The molecular formula is C79H128O16P2. The molecule has 0 saturated carbocycles. The SMILES string of the molecule is CC/C=C\C/C=C\C/C=C\C/C=C\C/C=C\C/C=C\CCCCCCCCCCC(=O)OCC(O)COP(=O)(O)OCC(O)COP(=O)(O)OCC(COC(=O)CC/C=C\C/C=C\C/C=C\C/C=C\C/C=C\C/C=C\CC)OC(=O)CCCCCCC/C=C\C/C=C\CCCCC. The van der Waals surface area contributed by atoms with Gasteiger partial charge in [0, 0.05) is 19.3 Å². The monoisotopic (exact) mass is 1390 g/mol. The summed E-state index contributed by atoms with van der Waals surface area (Å²) in [7, 11) is -9.82. The molecule has 0 spiro atoms. The number of ether oxygens (including phenoxy) is 3. The Balaban J connectivity index is 4.66. The number of aliphatic hydroxyl groups is 2. The van der Waals surface area contributed by atoms with E-state index in [9.17, 15) is 43.5 Å². The molecule has 0 fully saturated rings. The zero-order valence-electron chi connectivity index (χ0n) is 59.7. The van der Waals surface area contributed by atoms with Crippen LogP contribution in [0, 0.1) is 0 Å². The first kappa shape index (κ1) is 91.9. The predicted molar refractivity (Wildman–Crippen MR) is 398 cm³/mol. The Labute approximate surface area is 586 Å². The number of phosphoric acid groups is 2. The first-order valence-corrected chi connectivity index (χ1v) is 39.4. The standard InChI is InChI=1S/C79H128O16P2/c1-4-7-10-13-16-19-22-25-28-30-32-33-34-35-36-37-38-39-41-43-45-47-50-53-56-59-62-65-77(82)89-68-74(80)69-91-96(85,86)92-70-75(81)71-93-97(87,88)94-73-76(95-79(84)67-64-61-58-55-52-49-44-27-24-21-18-15-12-9-6-3)72-90-78(83)66-63-60-57-54-51-48-46-42-40-31-29-26-23-20-17-14-11-8-5-2/h7-8,10-11,16-21,25-29,32-33,35-36,38-40,42,44,48,51,57,60,74-76,80-81H,4-6,9,12-15,22-24,30-31,34,37,41,43,45-47,49-50,52-56,58-59,61-73H2,1-3H3,(H,85,86)(H,87,88)/b10-7-,11-8-,19-16-,20-17-,21-18-,28-25-,29-26-,33-32-,36-35-,39-38-,42-40-,44-27-,51-48-,60-57-. The highest BCUT2D eigenvalue weighted by Crippen LogP contribution is 2.45. The maximum Gasteiger partial charge on any atom is 0.472 e. The smallest absolute Gasteiger partial charge is 0.463 e. The van der Waals surface area contributed by atoms with Crippen LogP contribution in [0.15, 0.2) is 170 Å². The summed E-state index contributed by atoms with van der Waals surface area (Å²) in [5.41, 5.74) is 0. The van der Waals surface area contributed by atoms with Crippen LogP contribution in [0.25, 0.3) is 0 Å². The van der Waals surface area contributed by atoms with E-state index in [0.717, 1.165) is 148 Å². The van der Waals surface area contributed by atoms with Gasteiger partial charge in [-0.15, -0.1) is 0 Å². The number of esters is 3. The molecule has 16 nitrogen and oxygen atoms in total. The Hall–Kier alpha value is -5.09. The van der Waals surface area contributed by atoms with Gasteiger partial charge in [-0.3, -0.25) is 32.5 Å². The van der Waals surface area contributed by atoms with Gasteiger partial charge < -0.3 is 34.2 Å². The third kappa shape index (κ3) is 72.0. The Bertz CT molecular complexity index is 2440. The van der Waals surface area contributed by atoms with Crippen LogP contribution >= 0.6 is 15.6 Å². The normalized spacial score (nSPS) is 15.1. The molecule has 0 bridgehead atoms. The Morgan fingerprint density at radius 2 is 0.567 bits per heavy atom. The topological polar surface area (TPSA) is 231 Å². The molecule has 97 heavy (non-hydrogen) atoms. The van der Waals surface area contributed by atoms with E-state index in [0.29, 0.717) is 25.7 Å². The molecule has 0 aromatic rings. The van der Waals surface area contributed by atoms with Crippen LogP contribution in [0.5, 0.6) is 0 Å². The van der Waals surface area contributed by atoms with E-state index in [-0.39, 0.29) is 19.3 Å². The summed E-state index contributed by atoms with van der Waals surface area (Å²) < 4.78 is 60.9. The quantitative estimate of drug-likeness (QED) is 0.0146. The van der Waals surface area contributed by atoms with Gasteiger partial charge in [0.2, 0.25) is 0 Å². The molecule has 0 radical (unpaired) electrons. The van der Waals surface area contributed by atoms with Crippen molar-refractivity contribution < 1.29 is 75.8 Å². The van der Waals surface area contributed by atoms with Gasteiger partial charge in [-0.05, 0) is 141 Å². The number of hydrogen-bond acceptors (Lipinski definition) is 14. The molecule has 0 rings (SSSR count). The van der Waals surface area contributed by atoms with Crippen molar-refractivity contribution in [3.8, 4) is 0 Å². The minimum atomic E-state index is -4.95. The van der Waals surface area contributed by atoms with E-state index in [4.69, 9.17) is 32.3 Å². The van der Waals surface area contributed by atoms with Crippen LogP contribution in [-0.4, -0.2) is 95.9 Å². The minimum absolute atomic E-state index is 0.0363. The number of aliphatic hydroxyl groups excluding tert-OH is 2. The first-order valence-electron chi connectivity index (χ1n) is 36.4. The molecule has 5 unspecified atom stereocenters. The molecule has 0 aliphatic carbocycles. The summed E-state index contributed by atoms with van der Waals surface area (Å²) in [6, 6.07) is 0. The van der Waals surface area contributed by atoms with Crippen LogP contribution in [0.2, 0.25) is 0 Å². The molecule has 4 N–H and O–H groups in total. The number of rotatable bonds is 67. The number of carbonyl (C=O) groups excluding carboxylic acids is 3. The van der Waals surface area contributed by atoms with Crippen molar-refractivity contribution in [1.29, 1.82) is 0 Å². The summed E-state index contributed by atoms with van der Waals surface area (Å²) in [6.45, 7) is 2.27. The third-order valence-electron chi connectivity index (χ3n) is 14.4. The van der Waals surface area contributed by atoms with Crippen LogP contribution < -0.4 is 0 Å². The molecule has 0 heterocycles. The lowest BCUT2D eigenvalue weighted by atomic mass is 10.1. The minimum Gasteiger partial charge on any atom is -0.463 e. The zero-order valence-corrected chi connectivity index (χ0v) is 61.5. The maximum absolute atomic E-state index is 12.9. The van der Waals surface area contributed by atoms with Gasteiger partial charge in [-0.2, -0.15) is 0 Å². The lowest BCUT2D eigenvalue weighted by Gasteiger charge is -2.21. The Morgan fingerprint density at radius 3 is 0.928 bits per heavy atom. The molecule has 0 amide bonds. The van der Waals surface area contributed by atoms with E-state index in [2.05, 4.69) is 173 Å². The summed E-state index contributed by atoms with van der Waals surface area (Å²) in [5.74, 6) is -1.71. The Morgan fingerprint density at radius 1 is 0.299 bits per heavy atom. The van der Waals surface area contributed by atoms with Crippen molar-refractivity contribution in [2.75, 3.05) is 39.6 Å². The summed E-state index contributed by atoms with van der Waals surface area (Å²) in [4.78, 5) is 58.5. The van der Waals surface area contributed by atoms with Gasteiger partial charge in [0.15, 0.2) is 6.10 Å². The molecule has 5 atom stereocenters. The third-order valence-corrected chi connectivity index (χ3v) is 16.3. The van der Waals surface area contributed by atoms with Crippen molar-refractivity contribution in [2.45, 2.75) is 270 Å². The number of unbranched alkanes of at least 4 members (excludes halogenated alkanes) is 16. The van der Waals surface area contributed by atoms with E-state index >= 15 is 0 Å². The fraction of sp³-hybridized carbons (Fsp3) is 0.608. The van der Waals surface area contributed by atoms with Gasteiger partial charge >= 0.3 is 33.6 Å². The van der Waals surface area contributed by atoms with Gasteiger partial charge in [0.1, 0.15) is 25.4 Å². The first-order chi connectivity index (χ1) is 47.2. The highest BCUT2D eigenvalue weighted by atomic mass is 31.2. The van der Waals surface area contributed by atoms with Gasteiger partial charge in [0.05, 0.1) is 26.4 Å². The van der Waals surface area contributed by atoms with E-state index in [1.165, 1.54) is 38.5 Å².